The van der Waals surface area contributed by atoms with Crippen molar-refractivity contribution < 1.29 is 4.92 Å². The molecular formula is C11H17N5O2. The SMILES string of the molecule is CCN1CCC(Nc2ncc([N+](=O)[O-])cn2)CC1. The first kappa shape index (κ1) is 12.7. The lowest BCUT2D eigenvalue weighted by atomic mass is 10.1. The fourth-order valence-corrected chi connectivity index (χ4v) is 2.07. The van der Waals surface area contributed by atoms with Crippen molar-refractivity contribution >= 4 is 11.6 Å². The Kier molecular flexibility index (Phi) is 4.03. The molecule has 0 radical (unpaired) electrons. The van der Waals surface area contributed by atoms with Gasteiger partial charge in [0.1, 0.15) is 12.4 Å². The molecule has 2 heterocycles. The van der Waals surface area contributed by atoms with E-state index in [-0.39, 0.29) is 5.69 Å². The summed E-state index contributed by atoms with van der Waals surface area (Å²) in [5.74, 6) is 0.468. The summed E-state index contributed by atoms with van der Waals surface area (Å²) in [6.07, 6.45) is 4.56. The fraction of sp³-hybridized carbons (Fsp3) is 0.636. The molecule has 1 N–H and O–H groups in total. The van der Waals surface area contributed by atoms with Crippen molar-refractivity contribution in [3.8, 4) is 0 Å². The van der Waals surface area contributed by atoms with Crippen molar-refractivity contribution in [1.29, 1.82) is 0 Å². The number of hydrogen-bond donors (Lipinski definition) is 1. The molecule has 0 aromatic carbocycles. The molecule has 1 aromatic heterocycles. The average molecular weight is 251 g/mol. The molecule has 0 atom stereocenters. The lowest BCUT2D eigenvalue weighted by molar-refractivity contribution is -0.385. The second-order valence-electron chi connectivity index (χ2n) is 4.37. The van der Waals surface area contributed by atoms with Gasteiger partial charge in [0.15, 0.2) is 0 Å². The Hall–Kier alpha value is -1.76. The van der Waals surface area contributed by atoms with Crippen LogP contribution in [0.15, 0.2) is 12.4 Å². The third-order valence-corrected chi connectivity index (χ3v) is 3.22. The molecule has 0 aliphatic carbocycles. The molecule has 0 spiro atoms. The maximum absolute atomic E-state index is 10.5. The summed E-state index contributed by atoms with van der Waals surface area (Å²) in [7, 11) is 0. The van der Waals surface area contributed by atoms with Crippen molar-refractivity contribution in [2.24, 2.45) is 0 Å². The molecule has 2 rings (SSSR count). The molecule has 0 saturated carbocycles. The van der Waals surface area contributed by atoms with E-state index in [4.69, 9.17) is 0 Å². The van der Waals surface area contributed by atoms with Gasteiger partial charge >= 0.3 is 5.69 Å². The lowest BCUT2D eigenvalue weighted by Crippen LogP contribution is -2.39. The Labute approximate surface area is 105 Å². The molecule has 1 saturated heterocycles. The van der Waals surface area contributed by atoms with Gasteiger partial charge in [-0.2, -0.15) is 0 Å². The van der Waals surface area contributed by atoms with E-state index < -0.39 is 4.92 Å². The van der Waals surface area contributed by atoms with E-state index in [1.54, 1.807) is 0 Å². The van der Waals surface area contributed by atoms with Crippen molar-refractivity contribution in [1.82, 2.24) is 14.9 Å². The Morgan fingerprint density at radius 1 is 1.44 bits per heavy atom. The highest BCUT2D eigenvalue weighted by Gasteiger charge is 2.18. The van der Waals surface area contributed by atoms with Crippen molar-refractivity contribution in [2.45, 2.75) is 25.8 Å². The average Bonchev–Trinajstić information content (AvgIpc) is 2.40. The van der Waals surface area contributed by atoms with Gasteiger partial charge in [-0.25, -0.2) is 9.97 Å². The molecule has 1 aliphatic rings. The Bertz CT molecular complexity index is 400. The second kappa shape index (κ2) is 5.72. The van der Waals surface area contributed by atoms with Crippen LogP contribution in [0.25, 0.3) is 0 Å². The number of likely N-dealkylation sites (tertiary alicyclic amines) is 1. The summed E-state index contributed by atoms with van der Waals surface area (Å²) in [6.45, 7) is 5.39. The van der Waals surface area contributed by atoms with E-state index in [1.165, 1.54) is 12.4 Å². The van der Waals surface area contributed by atoms with Gasteiger partial charge in [-0.15, -0.1) is 0 Å². The lowest BCUT2D eigenvalue weighted by Gasteiger charge is -2.31. The minimum absolute atomic E-state index is 0.0821. The number of anilines is 1. The summed E-state index contributed by atoms with van der Waals surface area (Å²) in [4.78, 5) is 20.3. The molecule has 7 heteroatoms. The maximum atomic E-state index is 10.5. The highest BCUT2D eigenvalue weighted by Crippen LogP contribution is 2.15. The predicted octanol–water partition coefficient (Wildman–Crippen LogP) is 1.28. The van der Waals surface area contributed by atoms with Gasteiger partial charge in [-0.05, 0) is 19.4 Å². The summed E-state index contributed by atoms with van der Waals surface area (Å²) in [5.41, 5.74) is -0.0821. The van der Waals surface area contributed by atoms with E-state index in [9.17, 15) is 10.1 Å². The van der Waals surface area contributed by atoms with Crippen LogP contribution < -0.4 is 5.32 Å². The highest BCUT2D eigenvalue weighted by molar-refractivity contribution is 5.31. The number of aromatic nitrogens is 2. The van der Waals surface area contributed by atoms with Crippen LogP contribution in [0.3, 0.4) is 0 Å². The zero-order chi connectivity index (χ0) is 13.0. The van der Waals surface area contributed by atoms with Crippen LogP contribution in [0.4, 0.5) is 11.6 Å². The molecule has 98 valence electrons. The van der Waals surface area contributed by atoms with Gasteiger partial charge in [0.25, 0.3) is 0 Å². The number of nitrogens with one attached hydrogen (secondary N) is 1. The number of nitro groups is 1. The van der Waals surface area contributed by atoms with Crippen LogP contribution in [0.2, 0.25) is 0 Å². The molecule has 1 aliphatic heterocycles. The van der Waals surface area contributed by atoms with Crippen LogP contribution in [-0.4, -0.2) is 45.5 Å². The van der Waals surface area contributed by atoms with Crippen LogP contribution in [-0.2, 0) is 0 Å². The largest absolute Gasteiger partial charge is 0.351 e. The second-order valence-corrected chi connectivity index (χ2v) is 4.37. The number of nitrogens with zero attached hydrogens (tertiary/aromatic N) is 4. The first-order valence-corrected chi connectivity index (χ1v) is 6.14. The molecule has 18 heavy (non-hydrogen) atoms. The zero-order valence-electron chi connectivity index (χ0n) is 10.4. The van der Waals surface area contributed by atoms with Gasteiger partial charge in [-0.3, -0.25) is 10.1 Å². The summed E-state index contributed by atoms with van der Waals surface area (Å²) in [5, 5.41) is 13.7. The Morgan fingerprint density at radius 3 is 2.56 bits per heavy atom. The van der Waals surface area contributed by atoms with Gasteiger partial charge in [0.05, 0.1) is 4.92 Å². The number of rotatable bonds is 4. The van der Waals surface area contributed by atoms with Crippen molar-refractivity contribution in [3.05, 3.63) is 22.5 Å². The Balaban J connectivity index is 1.88. The van der Waals surface area contributed by atoms with E-state index in [2.05, 4.69) is 27.1 Å². The molecule has 0 bridgehead atoms. The van der Waals surface area contributed by atoms with Crippen LogP contribution in [0, 0.1) is 10.1 Å². The summed E-state index contributed by atoms with van der Waals surface area (Å²) in [6, 6.07) is 0.356. The summed E-state index contributed by atoms with van der Waals surface area (Å²) >= 11 is 0. The van der Waals surface area contributed by atoms with Crippen LogP contribution in [0.1, 0.15) is 19.8 Å². The highest BCUT2D eigenvalue weighted by atomic mass is 16.6. The molecule has 7 nitrogen and oxygen atoms in total. The topological polar surface area (TPSA) is 84.2 Å². The van der Waals surface area contributed by atoms with Crippen molar-refractivity contribution in [2.75, 3.05) is 25.0 Å². The van der Waals surface area contributed by atoms with Gasteiger partial charge in [0, 0.05) is 19.1 Å². The molecule has 0 unspecified atom stereocenters. The smallest absolute Gasteiger partial charge is 0.305 e. The van der Waals surface area contributed by atoms with Crippen molar-refractivity contribution in [3.63, 3.8) is 0 Å². The predicted molar refractivity (Wildman–Crippen MR) is 67.4 cm³/mol. The normalized spacial score (nSPS) is 17.6. The van der Waals surface area contributed by atoms with Gasteiger partial charge in [0.2, 0.25) is 5.95 Å². The fourth-order valence-electron chi connectivity index (χ4n) is 2.07. The van der Waals surface area contributed by atoms with Crippen LogP contribution in [0.5, 0.6) is 0 Å². The van der Waals surface area contributed by atoms with E-state index in [1.807, 2.05) is 0 Å². The third kappa shape index (κ3) is 3.13. The minimum atomic E-state index is -0.497. The van der Waals surface area contributed by atoms with E-state index in [0.29, 0.717) is 12.0 Å². The molecular weight excluding hydrogens is 234 g/mol. The molecule has 1 fully saturated rings. The number of piperidine rings is 1. The summed E-state index contributed by atoms with van der Waals surface area (Å²) < 4.78 is 0. The Morgan fingerprint density at radius 2 is 2.06 bits per heavy atom. The van der Waals surface area contributed by atoms with Gasteiger partial charge < -0.3 is 10.2 Å². The monoisotopic (exact) mass is 251 g/mol. The first-order chi connectivity index (χ1) is 8.69. The third-order valence-electron chi connectivity index (χ3n) is 3.22. The molecule has 1 aromatic rings. The van der Waals surface area contributed by atoms with E-state index in [0.717, 1.165) is 32.5 Å². The maximum Gasteiger partial charge on any atom is 0.305 e. The first-order valence-electron chi connectivity index (χ1n) is 6.14. The van der Waals surface area contributed by atoms with E-state index >= 15 is 0 Å². The molecule has 0 amide bonds. The standard InChI is InChI=1S/C11H17N5O2/c1-2-15-5-3-9(4-6-15)14-11-12-7-10(8-13-11)16(17)18/h7-9H,2-6H2,1H3,(H,12,13,14). The van der Waals surface area contributed by atoms with Crippen LogP contribution >= 0.6 is 0 Å². The quantitative estimate of drug-likeness (QED) is 0.641. The zero-order valence-corrected chi connectivity index (χ0v) is 10.4. The van der Waals surface area contributed by atoms with Gasteiger partial charge in [-0.1, -0.05) is 6.92 Å². The minimum Gasteiger partial charge on any atom is -0.351 e. The number of hydrogen-bond acceptors (Lipinski definition) is 6.